The van der Waals surface area contributed by atoms with Crippen molar-refractivity contribution in [2.45, 2.75) is 12.8 Å². The molecule has 1 aliphatic heterocycles. The lowest BCUT2D eigenvalue weighted by molar-refractivity contribution is -0.126. The highest BCUT2D eigenvalue weighted by Crippen LogP contribution is 2.19. The van der Waals surface area contributed by atoms with Gasteiger partial charge in [0.1, 0.15) is 5.75 Å². The van der Waals surface area contributed by atoms with Gasteiger partial charge in [0.05, 0.1) is 13.0 Å². The Balaban J connectivity index is 1.90. The van der Waals surface area contributed by atoms with Crippen LogP contribution < -0.4 is 15.4 Å². The number of hydrogen-bond acceptors (Lipinski definition) is 3. The number of piperidine rings is 1. The average molecular weight is 317 g/mol. The molecule has 1 heterocycles. The molecule has 1 saturated heterocycles. The van der Waals surface area contributed by atoms with E-state index in [0.717, 1.165) is 18.6 Å². The quantitative estimate of drug-likeness (QED) is 0.818. The molecule has 23 heavy (non-hydrogen) atoms. The van der Waals surface area contributed by atoms with Crippen molar-refractivity contribution < 1.29 is 14.3 Å². The molecule has 0 saturated carbocycles. The number of likely N-dealkylation sites (tertiary alicyclic amines) is 1. The third kappa shape index (κ3) is 4.74. The second-order valence-corrected chi connectivity index (χ2v) is 5.48. The monoisotopic (exact) mass is 317 g/mol. The van der Waals surface area contributed by atoms with Crippen LogP contribution in [0.5, 0.6) is 5.75 Å². The van der Waals surface area contributed by atoms with E-state index in [1.54, 1.807) is 42.4 Å². The molecule has 6 nitrogen and oxygen atoms in total. The third-order valence-corrected chi connectivity index (χ3v) is 3.84. The van der Waals surface area contributed by atoms with Crippen molar-refractivity contribution in [1.82, 2.24) is 10.2 Å². The number of urea groups is 1. The first-order valence-electron chi connectivity index (χ1n) is 7.72. The molecule has 2 N–H and O–H groups in total. The fourth-order valence-corrected chi connectivity index (χ4v) is 2.57. The standard InChI is InChI=1S/C17H23N3O3/c1-3-10-18-16(21)13-5-4-11-20(12-13)17(22)19-14-6-8-15(23-2)9-7-14/h3,6-9,13H,1,4-5,10-12H2,2H3,(H,18,21)(H,19,22). The number of anilines is 1. The Bertz CT molecular complexity index is 557. The van der Waals surface area contributed by atoms with Crippen molar-refractivity contribution >= 4 is 17.6 Å². The Morgan fingerprint density at radius 1 is 1.39 bits per heavy atom. The van der Waals surface area contributed by atoms with Crippen molar-refractivity contribution in [3.63, 3.8) is 0 Å². The number of ether oxygens (including phenoxy) is 1. The Labute approximate surface area is 136 Å². The maximum atomic E-state index is 12.3. The van der Waals surface area contributed by atoms with Crippen molar-refractivity contribution in [1.29, 1.82) is 0 Å². The van der Waals surface area contributed by atoms with Gasteiger partial charge in [0, 0.05) is 25.3 Å². The largest absolute Gasteiger partial charge is 0.497 e. The normalized spacial score (nSPS) is 17.3. The molecule has 1 aromatic rings. The number of hydrogen-bond donors (Lipinski definition) is 2. The molecular weight excluding hydrogens is 294 g/mol. The van der Waals surface area contributed by atoms with Gasteiger partial charge in [0.2, 0.25) is 5.91 Å². The van der Waals surface area contributed by atoms with Crippen molar-refractivity contribution in [2.24, 2.45) is 5.92 Å². The second-order valence-electron chi connectivity index (χ2n) is 5.48. The van der Waals surface area contributed by atoms with Crippen molar-refractivity contribution in [3.8, 4) is 5.75 Å². The Kier molecular flexibility index (Phi) is 6.02. The van der Waals surface area contributed by atoms with E-state index in [0.29, 0.717) is 25.3 Å². The van der Waals surface area contributed by atoms with Gasteiger partial charge in [-0.1, -0.05) is 6.08 Å². The first-order chi connectivity index (χ1) is 11.1. The molecule has 3 amide bonds. The molecule has 0 aromatic heterocycles. The number of rotatable bonds is 5. The van der Waals surface area contributed by atoms with Gasteiger partial charge >= 0.3 is 6.03 Å². The van der Waals surface area contributed by atoms with Crippen LogP contribution in [-0.4, -0.2) is 43.6 Å². The summed E-state index contributed by atoms with van der Waals surface area (Å²) in [7, 11) is 1.60. The summed E-state index contributed by atoms with van der Waals surface area (Å²) >= 11 is 0. The number of nitrogens with zero attached hydrogens (tertiary/aromatic N) is 1. The van der Waals surface area contributed by atoms with E-state index in [1.807, 2.05) is 0 Å². The summed E-state index contributed by atoms with van der Waals surface area (Å²) in [5.74, 6) is 0.553. The minimum Gasteiger partial charge on any atom is -0.497 e. The maximum Gasteiger partial charge on any atom is 0.321 e. The molecule has 1 aliphatic rings. The predicted molar refractivity (Wildman–Crippen MR) is 89.5 cm³/mol. The van der Waals surface area contributed by atoms with Gasteiger partial charge in [-0.15, -0.1) is 6.58 Å². The molecule has 0 radical (unpaired) electrons. The van der Waals surface area contributed by atoms with Crippen LogP contribution in [0.25, 0.3) is 0 Å². The Morgan fingerprint density at radius 2 is 2.13 bits per heavy atom. The summed E-state index contributed by atoms with van der Waals surface area (Å²) < 4.78 is 5.09. The first-order valence-corrected chi connectivity index (χ1v) is 7.72. The number of benzene rings is 1. The molecule has 0 spiro atoms. The molecule has 124 valence electrons. The zero-order chi connectivity index (χ0) is 16.7. The summed E-state index contributed by atoms with van der Waals surface area (Å²) in [4.78, 5) is 26.0. The fourth-order valence-electron chi connectivity index (χ4n) is 2.57. The van der Waals surface area contributed by atoms with Crippen LogP contribution in [0, 0.1) is 5.92 Å². The minimum atomic E-state index is -0.184. The highest BCUT2D eigenvalue weighted by Gasteiger charge is 2.28. The van der Waals surface area contributed by atoms with E-state index in [4.69, 9.17) is 4.74 Å². The zero-order valence-electron chi connectivity index (χ0n) is 13.4. The van der Waals surface area contributed by atoms with E-state index in [-0.39, 0.29) is 17.9 Å². The van der Waals surface area contributed by atoms with Gasteiger partial charge in [-0.05, 0) is 37.1 Å². The summed E-state index contributed by atoms with van der Waals surface area (Å²) in [5, 5.41) is 5.64. The fraction of sp³-hybridized carbons (Fsp3) is 0.412. The minimum absolute atomic E-state index is 0.0214. The molecule has 2 rings (SSSR count). The molecule has 6 heteroatoms. The van der Waals surface area contributed by atoms with Crippen molar-refractivity contribution in [3.05, 3.63) is 36.9 Å². The maximum absolute atomic E-state index is 12.3. The summed E-state index contributed by atoms with van der Waals surface area (Å²) in [6.45, 7) is 5.13. The van der Waals surface area contributed by atoms with Crippen LogP contribution in [0.3, 0.4) is 0 Å². The molecule has 1 unspecified atom stereocenters. The highest BCUT2D eigenvalue weighted by molar-refractivity contribution is 5.90. The van der Waals surface area contributed by atoms with Crippen molar-refractivity contribution in [2.75, 3.05) is 32.1 Å². The number of carbonyl (C=O) groups excluding carboxylic acids is 2. The van der Waals surface area contributed by atoms with Gasteiger partial charge in [0.15, 0.2) is 0 Å². The van der Waals surface area contributed by atoms with Gasteiger partial charge in [-0.25, -0.2) is 4.79 Å². The van der Waals surface area contributed by atoms with Gasteiger partial charge in [0.25, 0.3) is 0 Å². The van der Waals surface area contributed by atoms with Gasteiger partial charge in [-0.3, -0.25) is 4.79 Å². The lowest BCUT2D eigenvalue weighted by Gasteiger charge is -2.32. The highest BCUT2D eigenvalue weighted by atomic mass is 16.5. The van der Waals surface area contributed by atoms with Gasteiger partial charge in [-0.2, -0.15) is 0 Å². The van der Waals surface area contributed by atoms with Crippen LogP contribution in [0.4, 0.5) is 10.5 Å². The van der Waals surface area contributed by atoms with E-state index >= 15 is 0 Å². The predicted octanol–water partition coefficient (Wildman–Crippen LogP) is 2.24. The zero-order valence-corrected chi connectivity index (χ0v) is 13.4. The number of nitrogens with one attached hydrogen (secondary N) is 2. The Hall–Kier alpha value is -2.50. The van der Waals surface area contributed by atoms with Crippen LogP contribution >= 0.6 is 0 Å². The third-order valence-electron chi connectivity index (χ3n) is 3.84. The summed E-state index contributed by atoms with van der Waals surface area (Å²) in [5.41, 5.74) is 0.703. The van der Waals surface area contributed by atoms with Gasteiger partial charge < -0.3 is 20.3 Å². The van der Waals surface area contributed by atoms with E-state index in [2.05, 4.69) is 17.2 Å². The topological polar surface area (TPSA) is 70.7 Å². The van der Waals surface area contributed by atoms with Crippen LogP contribution in [0.1, 0.15) is 12.8 Å². The molecular formula is C17H23N3O3. The lowest BCUT2D eigenvalue weighted by atomic mass is 9.97. The Morgan fingerprint density at radius 3 is 2.78 bits per heavy atom. The SMILES string of the molecule is C=CCNC(=O)C1CCCN(C(=O)Nc2ccc(OC)cc2)C1. The molecule has 0 aliphatic carbocycles. The lowest BCUT2D eigenvalue weighted by Crippen LogP contribution is -2.46. The number of methoxy groups -OCH3 is 1. The van der Waals surface area contributed by atoms with Crippen LogP contribution in [0.15, 0.2) is 36.9 Å². The molecule has 0 bridgehead atoms. The molecule has 1 atom stereocenters. The average Bonchev–Trinajstić information content (AvgIpc) is 2.60. The van der Waals surface area contributed by atoms with E-state index < -0.39 is 0 Å². The van der Waals surface area contributed by atoms with E-state index in [9.17, 15) is 9.59 Å². The number of carbonyl (C=O) groups is 2. The first kappa shape index (κ1) is 16.9. The number of amides is 3. The summed E-state index contributed by atoms with van der Waals surface area (Å²) in [6.07, 6.45) is 3.27. The van der Waals surface area contributed by atoms with Crippen LogP contribution in [-0.2, 0) is 4.79 Å². The van der Waals surface area contributed by atoms with E-state index in [1.165, 1.54) is 0 Å². The molecule has 1 fully saturated rings. The smallest absolute Gasteiger partial charge is 0.321 e. The molecule has 1 aromatic carbocycles. The second kappa shape index (κ2) is 8.22. The van der Waals surface area contributed by atoms with Crippen LogP contribution in [0.2, 0.25) is 0 Å². The summed E-state index contributed by atoms with van der Waals surface area (Å²) in [6, 6.07) is 6.97.